The van der Waals surface area contributed by atoms with E-state index in [2.05, 4.69) is 21.2 Å². The Morgan fingerprint density at radius 1 is 1.55 bits per heavy atom. The van der Waals surface area contributed by atoms with Crippen molar-refractivity contribution in [1.29, 1.82) is 0 Å². The monoisotopic (exact) mass is 339 g/mol. The van der Waals surface area contributed by atoms with Gasteiger partial charge in [0.15, 0.2) is 0 Å². The predicted molar refractivity (Wildman–Crippen MR) is 81.5 cm³/mol. The van der Waals surface area contributed by atoms with Crippen LogP contribution >= 0.6 is 15.9 Å². The highest BCUT2D eigenvalue weighted by molar-refractivity contribution is 9.10. The van der Waals surface area contributed by atoms with Gasteiger partial charge in [-0.05, 0) is 37.1 Å². The number of aliphatic hydroxyl groups is 1. The van der Waals surface area contributed by atoms with Crippen molar-refractivity contribution >= 4 is 27.9 Å². The van der Waals surface area contributed by atoms with Gasteiger partial charge in [0, 0.05) is 16.6 Å². The van der Waals surface area contributed by atoms with E-state index >= 15 is 0 Å². The number of ether oxygens (including phenoxy) is 1. The number of rotatable bonds is 5. The number of amides is 1. The quantitative estimate of drug-likeness (QED) is 0.866. The summed E-state index contributed by atoms with van der Waals surface area (Å²) in [5.74, 6) is 0.644. The Balaban J connectivity index is 1.97. The van der Waals surface area contributed by atoms with E-state index in [-0.39, 0.29) is 18.6 Å². The minimum Gasteiger partial charge on any atom is -0.488 e. The van der Waals surface area contributed by atoms with Crippen LogP contribution in [-0.4, -0.2) is 30.3 Å². The number of hydrogen-bond acceptors (Lipinski definition) is 3. The number of fused-ring (bicyclic) bond motifs is 1. The Morgan fingerprint density at radius 2 is 2.35 bits per heavy atom. The predicted octanol–water partition coefficient (Wildman–Crippen LogP) is 2.50. The lowest BCUT2D eigenvalue weighted by Gasteiger charge is -2.18. The van der Waals surface area contributed by atoms with Crippen LogP contribution in [0, 0.1) is 0 Å². The van der Waals surface area contributed by atoms with Gasteiger partial charge in [-0.25, -0.2) is 0 Å². The smallest absolute Gasteiger partial charge is 0.250 e. The van der Waals surface area contributed by atoms with E-state index in [1.807, 2.05) is 31.2 Å². The van der Waals surface area contributed by atoms with Crippen molar-refractivity contribution < 1.29 is 14.6 Å². The summed E-state index contributed by atoms with van der Waals surface area (Å²) in [7, 11) is 0. The summed E-state index contributed by atoms with van der Waals surface area (Å²) in [6.45, 7) is 2.66. The summed E-state index contributed by atoms with van der Waals surface area (Å²) in [6, 6.07) is 5.70. The molecule has 1 unspecified atom stereocenters. The van der Waals surface area contributed by atoms with Gasteiger partial charge in [0.05, 0.1) is 11.7 Å². The first-order valence-corrected chi connectivity index (χ1v) is 7.48. The van der Waals surface area contributed by atoms with Crippen molar-refractivity contribution in [2.24, 2.45) is 0 Å². The molecule has 4 nitrogen and oxygen atoms in total. The third-order valence-corrected chi connectivity index (χ3v) is 3.70. The van der Waals surface area contributed by atoms with Crippen molar-refractivity contribution in [3.05, 3.63) is 33.8 Å². The summed E-state index contributed by atoms with van der Waals surface area (Å²) in [5, 5.41) is 12.3. The highest BCUT2D eigenvalue weighted by atomic mass is 79.9. The SMILES string of the molecule is CCC(O)CCNC(=O)C1=Cc2cc(Br)ccc2OC1. The molecule has 0 saturated carbocycles. The zero-order valence-electron chi connectivity index (χ0n) is 11.4. The molecule has 1 amide bonds. The van der Waals surface area contributed by atoms with Gasteiger partial charge in [-0.2, -0.15) is 0 Å². The second kappa shape index (κ2) is 6.90. The van der Waals surface area contributed by atoms with Gasteiger partial charge in [0.1, 0.15) is 12.4 Å². The van der Waals surface area contributed by atoms with Crippen molar-refractivity contribution in [1.82, 2.24) is 5.32 Å². The first-order valence-electron chi connectivity index (χ1n) is 6.69. The minimum atomic E-state index is -0.358. The third kappa shape index (κ3) is 3.84. The Morgan fingerprint density at radius 3 is 3.10 bits per heavy atom. The average Bonchev–Trinajstić information content (AvgIpc) is 2.46. The molecule has 20 heavy (non-hydrogen) atoms. The van der Waals surface area contributed by atoms with Gasteiger partial charge in [0.2, 0.25) is 0 Å². The van der Waals surface area contributed by atoms with Gasteiger partial charge in [-0.15, -0.1) is 0 Å². The largest absolute Gasteiger partial charge is 0.488 e. The molecule has 0 bridgehead atoms. The number of hydrogen-bond donors (Lipinski definition) is 2. The maximum Gasteiger partial charge on any atom is 0.250 e. The number of aliphatic hydroxyl groups excluding tert-OH is 1. The van der Waals surface area contributed by atoms with Crippen LogP contribution in [0.25, 0.3) is 6.08 Å². The molecule has 0 radical (unpaired) electrons. The Hall–Kier alpha value is -1.33. The van der Waals surface area contributed by atoms with Crippen molar-refractivity contribution in [2.45, 2.75) is 25.9 Å². The number of nitrogens with one attached hydrogen (secondary N) is 1. The lowest BCUT2D eigenvalue weighted by molar-refractivity contribution is -0.117. The molecule has 0 saturated heterocycles. The van der Waals surface area contributed by atoms with E-state index in [9.17, 15) is 9.90 Å². The number of carbonyl (C=O) groups is 1. The van der Waals surface area contributed by atoms with Crippen molar-refractivity contribution in [2.75, 3.05) is 13.2 Å². The van der Waals surface area contributed by atoms with Crippen LogP contribution in [0.4, 0.5) is 0 Å². The summed E-state index contributed by atoms with van der Waals surface area (Å²) in [6.07, 6.45) is 2.75. The zero-order valence-corrected chi connectivity index (χ0v) is 12.9. The van der Waals surface area contributed by atoms with Crippen LogP contribution in [0.2, 0.25) is 0 Å². The first kappa shape index (κ1) is 15.1. The fourth-order valence-electron chi connectivity index (χ4n) is 1.95. The maximum atomic E-state index is 12.0. The molecular weight excluding hydrogens is 322 g/mol. The normalized spacial score (nSPS) is 14.8. The molecule has 2 rings (SSSR count). The molecule has 1 aliphatic rings. The Bertz CT molecular complexity index is 528. The van der Waals surface area contributed by atoms with E-state index in [0.717, 1.165) is 15.8 Å². The molecule has 0 fully saturated rings. The van der Waals surface area contributed by atoms with Gasteiger partial charge >= 0.3 is 0 Å². The molecule has 2 N–H and O–H groups in total. The minimum absolute atomic E-state index is 0.140. The molecule has 1 aliphatic heterocycles. The molecule has 0 aromatic heterocycles. The second-order valence-electron chi connectivity index (χ2n) is 4.75. The van der Waals surface area contributed by atoms with E-state index in [0.29, 0.717) is 25.0 Å². The van der Waals surface area contributed by atoms with Crippen LogP contribution in [0.1, 0.15) is 25.3 Å². The van der Waals surface area contributed by atoms with E-state index in [1.54, 1.807) is 0 Å². The lowest BCUT2D eigenvalue weighted by atomic mass is 10.1. The van der Waals surface area contributed by atoms with Gasteiger partial charge in [0.25, 0.3) is 5.91 Å². The second-order valence-corrected chi connectivity index (χ2v) is 5.66. The topological polar surface area (TPSA) is 58.6 Å². The standard InChI is InChI=1S/C15H18BrNO3/c1-2-13(18)5-6-17-15(19)11-7-10-8-12(16)3-4-14(10)20-9-11/h3-4,7-8,13,18H,2,5-6,9H2,1H3,(H,17,19). The Kier molecular flexibility index (Phi) is 5.20. The van der Waals surface area contributed by atoms with Gasteiger partial charge < -0.3 is 15.2 Å². The fourth-order valence-corrected chi connectivity index (χ4v) is 2.33. The summed E-state index contributed by atoms with van der Waals surface area (Å²) < 4.78 is 6.51. The van der Waals surface area contributed by atoms with Crippen molar-refractivity contribution in [3.8, 4) is 5.75 Å². The van der Waals surface area contributed by atoms with Crippen LogP contribution < -0.4 is 10.1 Å². The Labute approximate surface area is 127 Å². The van der Waals surface area contributed by atoms with Crippen LogP contribution in [0.5, 0.6) is 5.75 Å². The highest BCUT2D eigenvalue weighted by Crippen LogP contribution is 2.29. The molecule has 5 heteroatoms. The van der Waals surface area contributed by atoms with E-state index < -0.39 is 0 Å². The average molecular weight is 340 g/mol. The van der Waals surface area contributed by atoms with Gasteiger partial charge in [-0.1, -0.05) is 22.9 Å². The highest BCUT2D eigenvalue weighted by Gasteiger charge is 2.17. The summed E-state index contributed by atoms with van der Waals surface area (Å²) in [5.41, 5.74) is 1.49. The molecule has 108 valence electrons. The zero-order chi connectivity index (χ0) is 14.5. The molecule has 0 aliphatic carbocycles. The number of halogens is 1. The van der Waals surface area contributed by atoms with Crippen LogP contribution in [0.3, 0.4) is 0 Å². The van der Waals surface area contributed by atoms with Crippen molar-refractivity contribution in [3.63, 3.8) is 0 Å². The lowest BCUT2D eigenvalue weighted by Crippen LogP contribution is -2.30. The van der Waals surface area contributed by atoms with Gasteiger partial charge in [-0.3, -0.25) is 4.79 Å². The summed E-state index contributed by atoms with van der Waals surface area (Å²) >= 11 is 3.40. The molecule has 0 spiro atoms. The van der Waals surface area contributed by atoms with Crippen LogP contribution in [0.15, 0.2) is 28.2 Å². The third-order valence-electron chi connectivity index (χ3n) is 3.21. The number of benzene rings is 1. The summed E-state index contributed by atoms with van der Waals surface area (Å²) in [4.78, 5) is 12.0. The van der Waals surface area contributed by atoms with E-state index in [1.165, 1.54) is 0 Å². The fraction of sp³-hybridized carbons (Fsp3) is 0.400. The van der Waals surface area contributed by atoms with Crippen LogP contribution in [-0.2, 0) is 4.79 Å². The first-order chi connectivity index (χ1) is 9.60. The molecule has 1 aromatic rings. The number of carbonyl (C=O) groups excluding carboxylic acids is 1. The molecule has 1 heterocycles. The molecule has 1 atom stereocenters. The molecular formula is C15H18BrNO3. The maximum absolute atomic E-state index is 12.0. The molecule has 1 aromatic carbocycles. The van der Waals surface area contributed by atoms with E-state index in [4.69, 9.17) is 4.74 Å².